The number of likely N-dealkylation sites (N-methyl/N-ethyl adjacent to an activating group) is 1. The van der Waals surface area contributed by atoms with E-state index >= 15 is 0 Å². The molecule has 1 aliphatic heterocycles. The van der Waals surface area contributed by atoms with Crippen LogP contribution in [-0.2, 0) is 0 Å². The summed E-state index contributed by atoms with van der Waals surface area (Å²) < 4.78 is 0. The molecule has 0 amide bonds. The second-order valence-electron chi connectivity index (χ2n) is 10.0. The van der Waals surface area contributed by atoms with Crippen LogP contribution in [0.4, 0.5) is 11.4 Å². The number of imidazole rings is 1. The van der Waals surface area contributed by atoms with Crippen LogP contribution in [0.15, 0.2) is 61.1 Å². The van der Waals surface area contributed by atoms with Crippen LogP contribution in [0.1, 0.15) is 26.2 Å². The van der Waals surface area contributed by atoms with Crippen molar-refractivity contribution in [1.29, 1.82) is 0 Å². The molecule has 0 radical (unpaired) electrons. The number of nitrogens with one attached hydrogen (secondary N) is 3. The molecule has 194 valence electrons. The molecule has 0 bridgehead atoms. The normalized spacial score (nSPS) is 14.4. The predicted octanol–water partition coefficient (Wildman–Crippen LogP) is 5.43. The summed E-state index contributed by atoms with van der Waals surface area (Å²) in [5.41, 5.74) is 9.10. The number of rotatable bonds is 8. The lowest BCUT2D eigenvalue weighted by Crippen LogP contribution is -2.44. The Bertz CT molecular complexity index is 1590. The van der Waals surface area contributed by atoms with Crippen LogP contribution in [0.5, 0.6) is 0 Å². The van der Waals surface area contributed by atoms with Crippen molar-refractivity contribution in [1.82, 2.24) is 35.0 Å². The fraction of sp³-hybridized carbons (Fsp3) is 0.310. The van der Waals surface area contributed by atoms with Gasteiger partial charge in [0.25, 0.3) is 0 Å². The number of pyridine rings is 2. The number of piperazine rings is 1. The molecule has 0 spiro atoms. The van der Waals surface area contributed by atoms with Crippen molar-refractivity contribution < 1.29 is 0 Å². The molecular formula is C29H33N9. The van der Waals surface area contributed by atoms with E-state index < -0.39 is 0 Å². The van der Waals surface area contributed by atoms with E-state index in [1.54, 1.807) is 0 Å². The molecule has 0 unspecified atom stereocenters. The monoisotopic (exact) mass is 507 g/mol. The number of hydrogen-bond acceptors (Lipinski definition) is 7. The molecule has 6 rings (SSSR count). The van der Waals surface area contributed by atoms with Gasteiger partial charge in [0.05, 0.1) is 34.3 Å². The van der Waals surface area contributed by atoms with Gasteiger partial charge in [-0.2, -0.15) is 5.10 Å². The molecule has 5 aromatic rings. The zero-order valence-corrected chi connectivity index (χ0v) is 22.0. The van der Waals surface area contributed by atoms with Gasteiger partial charge in [-0.3, -0.25) is 10.1 Å². The van der Waals surface area contributed by atoms with Gasteiger partial charge in [-0.15, -0.1) is 0 Å². The average molecular weight is 508 g/mol. The second-order valence-corrected chi connectivity index (χ2v) is 10.0. The third-order valence-corrected chi connectivity index (χ3v) is 7.15. The highest BCUT2D eigenvalue weighted by molar-refractivity contribution is 5.95. The standard InChI is InChI=1S/C29H33N9/c1-4-5-7-19(2)31-21-16-20(17-30-18-21)22-10-11-24-27(32-22)28(36-35-24)29-33-23-8-6-9-25(26(23)34-29)38-14-12-37(3)13-15-38/h6,8-11,16-18,31H,2,4-5,7,12-15H2,1,3H3,(H,33,34)(H,35,36). The van der Waals surface area contributed by atoms with Crippen molar-refractivity contribution in [3.63, 3.8) is 0 Å². The highest BCUT2D eigenvalue weighted by Gasteiger charge is 2.20. The maximum absolute atomic E-state index is 5.01. The lowest BCUT2D eigenvalue weighted by molar-refractivity contribution is 0.313. The van der Waals surface area contributed by atoms with Crippen LogP contribution >= 0.6 is 0 Å². The van der Waals surface area contributed by atoms with Crippen molar-refractivity contribution in [3.05, 3.63) is 61.1 Å². The van der Waals surface area contributed by atoms with Crippen molar-refractivity contribution in [3.8, 4) is 22.8 Å². The maximum Gasteiger partial charge on any atom is 0.161 e. The largest absolute Gasteiger partial charge is 0.367 e. The Hall–Kier alpha value is -4.24. The van der Waals surface area contributed by atoms with Crippen molar-refractivity contribution in [2.24, 2.45) is 0 Å². The van der Waals surface area contributed by atoms with Gasteiger partial charge in [-0.1, -0.05) is 26.0 Å². The molecule has 1 aromatic carbocycles. The Kier molecular flexibility index (Phi) is 6.51. The first-order chi connectivity index (χ1) is 18.6. The van der Waals surface area contributed by atoms with E-state index in [0.29, 0.717) is 11.5 Å². The van der Waals surface area contributed by atoms with Gasteiger partial charge in [0, 0.05) is 43.6 Å². The molecule has 0 aliphatic carbocycles. The Morgan fingerprint density at radius 2 is 1.89 bits per heavy atom. The Morgan fingerprint density at radius 1 is 1.03 bits per heavy atom. The van der Waals surface area contributed by atoms with Gasteiger partial charge in [-0.05, 0) is 50.2 Å². The van der Waals surface area contributed by atoms with Crippen LogP contribution in [-0.4, -0.2) is 68.3 Å². The van der Waals surface area contributed by atoms with E-state index in [9.17, 15) is 0 Å². The van der Waals surface area contributed by atoms with E-state index in [0.717, 1.165) is 95.8 Å². The number of nitrogens with zero attached hydrogens (tertiary/aromatic N) is 6. The number of aromatic nitrogens is 6. The average Bonchev–Trinajstić information content (AvgIpc) is 3.56. The SMILES string of the molecule is C=C(CCCC)Nc1cncc(-c2ccc3[nH]nc(-c4nc5c(N6CCN(C)CC6)cccc5[nH]4)c3n2)c1. The fourth-order valence-corrected chi connectivity index (χ4v) is 4.96. The smallest absolute Gasteiger partial charge is 0.161 e. The Labute approximate surface area is 222 Å². The number of benzene rings is 1. The van der Waals surface area contributed by atoms with Gasteiger partial charge in [0.2, 0.25) is 0 Å². The first kappa shape index (κ1) is 24.1. The maximum atomic E-state index is 5.01. The van der Waals surface area contributed by atoms with Crippen LogP contribution in [0.2, 0.25) is 0 Å². The number of fused-ring (bicyclic) bond motifs is 2. The van der Waals surface area contributed by atoms with Gasteiger partial charge >= 0.3 is 0 Å². The van der Waals surface area contributed by atoms with E-state index in [1.807, 2.05) is 24.5 Å². The Morgan fingerprint density at radius 3 is 2.74 bits per heavy atom. The predicted molar refractivity (Wildman–Crippen MR) is 154 cm³/mol. The molecule has 9 nitrogen and oxygen atoms in total. The summed E-state index contributed by atoms with van der Waals surface area (Å²) in [6.45, 7) is 10.4. The molecule has 4 aromatic heterocycles. The highest BCUT2D eigenvalue weighted by atomic mass is 15.3. The summed E-state index contributed by atoms with van der Waals surface area (Å²) in [7, 11) is 2.17. The number of anilines is 2. The highest BCUT2D eigenvalue weighted by Crippen LogP contribution is 2.31. The zero-order chi connectivity index (χ0) is 26.1. The molecule has 1 saturated heterocycles. The number of allylic oxidation sites excluding steroid dienone is 1. The molecule has 5 heterocycles. The van der Waals surface area contributed by atoms with Crippen molar-refractivity contribution in [2.75, 3.05) is 43.4 Å². The first-order valence-corrected chi connectivity index (χ1v) is 13.3. The van der Waals surface area contributed by atoms with E-state index in [1.165, 1.54) is 0 Å². The van der Waals surface area contributed by atoms with Crippen LogP contribution in [0.25, 0.3) is 44.8 Å². The number of unbranched alkanes of at least 4 members (excludes halogenated alkanes) is 1. The summed E-state index contributed by atoms with van der Waals surface area (Å²) >= 11 is 0. The molecule has 38 heavy (non-hydrogen) atoms. The lowest BCUT2D eigenvalue weighted by Gasteiger charge is -2.34. The van der Waals surface area contributed by atoms with Gasteiger partial charge in [-0.25, -0.2) is 9.97 Å². The molecule has 0 saturated carbocycles. The third-order valence-electron chi connectivity index (χ3n) is 7.15. The van der Waals surface area contributed by atoms with Crippen LogP contribution in [0.3, 0.4) is 0 Å². The van der Waals surface area contributed by atoms with E-state index in [2.05, 4.69) is 80.1 Å². The minimum atomic E-state index is 0.706. The minimum absolute atomic E-state index is 0.706. The van der Waals surface area contributed by atoms with Crippen molar-refractivity contribution >= 4 is 33.4 Å². The van der Waals surface area contributed by atoms with E-state index in [4.69, 9.17) is 9.97 Å². The van der Waals surface area contributed by atoms with Crippen molar-refractivity contribution in [2.45, 2.75) is 26.2 Å². The van der Waals surface area contributed by atoms with E-state index in [-0.39, 0.29) is 0 Å². The molecule has 9 heteroatoms. The summed E-state index contributed by atoms with van der Waals surface area (Å²) in [6, 6.07) is 12.4. The molecule has 3 N–H and O–H groups in total. The van der Waals surface area contributed by atoms with Gasteiger partial charge < -0.3 is 20.1 Å². The summed E-state index contributed by atoms with van der Waals surface area (Å²) in [5.74, 6) is 0.707. The minimum Gasteiger partial charge on any atom is -0.367 e. The third kappa shape index (κ3) is 4.72. The number of H-pyrrole nitrogens is 2. The van der Waals surface area contributed by atoms with Gasteiger partial charge in [0.1, 0.15) is 11.0 Å². The quantitative estimate of drug-likeness (QED) is 0.257. The molecule has 1 aliphatic rings. The molecule has 1 fully saturated rings. The molecular weight excluding hydrogens is 474 g/mol. The topological polar surface area (TPSA) is 102 Å². The lowest BCUT2D eigenvalue weighted by atomic mass is 10.1. The number of aromatic amines is 2. The second kappa shape index (κ2) is 10.3. The Balaban J connectivity index is 1.33. The first-order valence-electron chi connectivity index (χ1n) is 13.3. The van der Waals surface area contributed by atoms with Gasteiger partial charge in [0.15, 0.2) is 11.5 Å². The molecule has 0 atom stereocenters. The summed E-state index contributed by atoms with van der Waals surface area (Å²) in [5, 5.41) is 11.1. The zero-order valence-electron chi connectivity index (χ0n) is 22.0. The summed E-state index contributed by atoms with van der Waals surface area (Å²) in [4.78, 5) is 22.7. The van der Waals surface area contributed by atoms with Crippen LogP contribution < -0.4 is 10.2 Å². The number of para-hydroxylation sites is 1. The summed E-state index contributed by atoms with van der Waals surface area (Å²) in [6.07, 6.45) is 6.83. The fourth-order valence-electron chi connectivity index (χ4n) is 4.96. The van der Waals surface area contributed by atoms with Crippen LogP contribution in [0, 0.1) is 0 Å². The number of hydrogen-bond donors (Lipinski definition) is 3.